The summed E-state index contributed by atoms with van der Waals surface area (Å²) in [5.41, 5.74) is 7.59. The predicted octanol–water partition coefficient (Wildman–Crippen LogP) is 1.88. The fraction of sp³-hybridized carbons (Fsp3) is 0.462. The molecule has 0 atom stereocenters. The van der Waals surface area contributed by atoms with E-state index in [0.29, 0.717) is 19.6 Å². The van der Waals surface area contributed by atoms with E-state index in [2.05, 4.69) is 5.32 Å². The molecular formula is C13H21N3O. The van der Waals surface area contributed by atoms with Crippen molar-refractivity contribution < 1.29 is 4.79 Å². The third kappa shape index (κ3) is 4.07. The number of hydrogen-bond acceptors (Lipinski definition) is 2. The van der Waals surface area contributed by atoms with Gasteiger partial charge in [-0.05, 0) is 38.9 Å². The number of nitrogens with one attached hydrogen (secondary N) is 1. The number of rotatable bonds is 5. The van der Waals surface area contributed by atoms with Gasteiger partial charge in [0.15, 0.2) is 0 Å². The highest BCUT2D eigenvalue weighted by molar-refractivity contribution is 5.91. The Balaban J connectivity index is 2.81. The van der Waals surface area contributed by atoms with Gasteiger partial charge in [0.2, 0.25) is 0 Å². The molecule has 0 saturated heterocycles. The number of nitrogens with two attached hydrogens (primary N) is 1. The van der Waals surface area contributed by atoms with Crippen LogP contribution in [-0.2, 0) is 0 Å². The maximum atomic E-state index is 11.9. The molecule has 3 N–H and O–H groups in total. The standard InChI is InChI=1S/C13H21N3O/c1-3-15-13(17)16(10-4-9-14)12-7-5-11(2)6-8-12/h5-8H,3-4,9-10,14H2,1-2H3,(H,15,17). The van der Waals surface area contributed by atoms with Gasteiger partial charge in [-0.15, -0.1) is 0 Å². The lowest BCUT2D eigenvalue weighted by molar-refractivity contribution is 0.246. The zero-order valence-corrected chi connectivity index (χ0v) is 10.6. The topological polar surface area (TPSA) is 58.4 Å². The molecule has 0 saturated carbocycles. The Morgan fingerprint density at radius 1 is 1.35 bits per heavy atom. The van der Waals surface area contributed by atoms with Crippen molar-refractivity contribution in [1.29, 1.82) is 0 Å². The number of aryl methyl sites for hydroxylation is 1. The van der Waals surface area contributed by atoms with Crippen molar-refractivity contribution in [2.24, 2.45) is 5.73 Å². The number of nitrogens with zero attached hydrogens (tertiary/aromatic N) is 1. The molecule has 1 aromatic rings. The summed E-state index contributed by atoms with van der Waals surface area (Å²) in [6, 6.07) is 7.86. The van der Waals surface area contributed by atoms with Crippen LogP contribution in [0.15, 0.2) is 24.3 Å². The Kier molecular flexibility index (Phi) is 5.49. The van der Waals surface area contributed by atoms with Gasteiger partial charge < -0.3 is 11.1 Å². The summed E-state index contributed by atoms with van der Waals surface area (Å²) in [6.45, 7) is 5.80. The number of anilines is 1. The molecule has 1 aromatic carbocycles. The van der Waals surface area contributed by atoms with Gasteiger partial charge >= 0.3 is 6.03 Å². The number of benzene rings is 1. The van der Waals surface area contributed by atoms with Crippen LogP contribution in [0.4, 0.5) is 10.5 Å². The van der Waals surface area contributed by atoms with E-state index >= 15 is 0 Å². The average Bonchev–Trinajstić information content (AvgIpc) is 2.32. The molecule has 0 aliphatic heterocycles. The summed E-state index contributed by atoms with van der Waals surface area (Å²) in [6.07, 6.45) is 0.797. The van der Waals surface area contributed by atoms with Gasteiger partial charge in [-0.1, -0.05) is 17.7 Å². The van der Waals surface area contributed by atoms with Gasteiger partial charge in [0.05, 0.1) is 0 Å². The second-order valence-corrected chi connectivity index (χ2v) is 3.96. The van der Waals surface area contributed by atoms with Gasteiger partial charge in [-0.25, -0.2) is 4.79 Å². The lowest BCUT2D eigenvalue weighted by atomic mass is 10.2. The Morgan fingerprint density at radius 2 is 2.00 bits per heavy atom. The molecule has 0 spiro atoms. The Morgan fingerprint density at radius 3 is 2.53 bits per heavy atom. The van der Waals surface area contributed by atoms with Crippen LogP contribution in [0.5, 0.6) is 0 Å². The van der Waals surface area contributed by atoms with Crippen molar-refractivity contribution >= 4 is 11.7 Å². The third-order valence-corrected chi connectivity index (χ3v) is 2.50. The monoisotopic (exact) mass is 235 g/mol. The lowest BCUT2D eigenvalue weighted by Crippen LogP contribution is -2.41. The van der Waals surface area contributed by atoms with Crippen LogP contribution < -0.4 is 16.0 Å². The Bertz CT molecular complexity index is 348. The molecule has 0 aliphatic carbocycles. The number of amides is 2. The van der Waals surface area contributed by atoms with Crippen molar-refractivity contribution in [3.8, 4) is 0 Å². The van der Waals surface area contributed by atoms with E-state index in [1.54, 1.807) is 4.90 Å². The first kappa shape index (κ1) is 13.5. The maximum absolute atomic E-state index is 11.9. The second-order valence-electron chi connectivity index (χ2n) is 3.96. The summed E-state index contributed by atoms with van der Waals surface area (Å²) >= 11 is 0. The minimum absolute atomic E-state index is 0.0650. The van der Waals surface area contributed by atoms with E-state index in [0.717, 1.165) is 12.1 Å². The fourth-order valence-electron chi connectivity index (χ4n) is 1.57. The molecule has 4 heteroatoms. The van der Waals surface area contributed by atoms with E-state index in [-0.39, 0.29) is 6.03 Å². The Labute approximate surface area is 103 Å². The summed E-state index contributed by atoms with van der Waals surface area (Å²) in [4.78, 5) is 13.6. The summed E-state index contributed by atoms with van der Waals surface area (Å²) in [5, 5.41) is 2.81. The van der Waals surface area contributed by atoms with Gasteiger partial charge in [0, 0.05) is 18.8 Å². The van der Waals surface area contributed by atoms with Crippen LogP contribution in [0.3, 0.4) is 0 Å². The van der Waals surface area contributed by atoms with Gasteiger partial charge in [0.25, 0.3) is 0 Å². The van der Waals surface area contributed by atoms with Crippen LogP contribution in [0, 0.1) is 6.92 Å². The van der Waals surface area contributed by atoms with Crippen LogP contribution in [0.1, 0.15) is 18.9 Å². The molecule has 0 radical (unpaired) electrons. The molecule has 1 rings (SSSR count). The number of hydrogen-bond donors (Lipinski definition) is 2. The van der Waals surface area contributed by atoms with Crippen molar-refractivity contribution in [3.05, 3.63) is 29.8 Å². The van der Waals surface area contributed by atoms with Crippen molar-refractivity contribution in [1.82, 2.24) is 5.32 Å². The van der Waals surface area contributed by atoms with Gasteiger partial charge in [0.1, 0.15) is 0 Å². The highest BCUT2D eigenvalue weighted by Crippen LogP contribution is 2.15. The lowest BCUT2D eigenvalue weighted by Gasteiger charge is -2.22. The predicted molar refractivity (Wildman–Crippen MR) is 71.3 cm³/mol. The molecule has 0 heterocycles. The molecule has 0 aromatic heterocycles. The highest BCUT2D eigenvalue weighted by atomic mass is 16.2. The largest absolute Gasteiger partial charge is 0.338 e. The van der Waals surface area contributed by atoms with Crippen LogP contribution >= 0.6 is 0 Å². The first-order chi connectivity index (χ1) is 8.19. The zero-order valence-electron chi connectivity index (χ0n) is 10.6. The summed E-state index contributed by atoms with van der Waals surface area (Å²) in [5.74, 6) is 0. The fourth-order valence-corrected chi connectivity index (χ4v) is 1.57. The van der Waals surface area contributed by atoms with Crippen LogP contribution in [0.2, 0.25) is 0 Å². The maximum Gasteiger partial charge on any atom is 0.321 e. The van der Waals surface area contributed by atoms with E-state index in [9.17, 15) is 4.79 Å². The SMILES string of the molecule is CCNC(=O)N(CCCN)c1ccc(C)cc1. The van der Waals surface area contributed by atoms with E-state index in [1.807, 2.05) is 38.1 Å². The van der Waals surface area contributed by atoms with Gasteiger partial charge in [-0.2, -0.15) is 0 Å². The molecule has 0 bridgehead atoms. The molecule has 94 valence electrons. The van der Waals surface area contributed by atoms with Crippen molar-refractivity contribution in [3.63, 3.8) is 0 Å². The molecular weight excluding hydrogens is 214 g/mol. The highest BCUT2D eigenvalue weighted by Gasteiger charge is 2.13. The zero-order chi connectivity index (χ0) is 12.7. The first-order valence-electron chi connectivity index (χ1n) is 6.01. The minimum atomic E-state index is -0.0650. The summed E-state index contributed by atoms with van der Waals surface area (Å²) < 4.78 is 0. The molecule has 17 heavy (non-hydrogen) atoms. The number of carbonyl (C=O) groups is 1. The normalized spacial score (nSPS) is 10.1. The smallest absolute Gasteiger partial charge is 0.321 e. The number of urea groups is 1. The average molecular weight is 235 g/mol. The van der Waals surface area contributed by atoms with Gasteiger partial charge in [-0.3, -0.25) is 4.90 Å². The minimum Gasteiger partial charge on any atom is -0.338 e. The molecule has 4 nitrogen and oxygen atoms in total. The third-order valence-electron chi connectivity index (χ3n) is 2.50. The molecule has 0 fully saturated rings. The number of carbonyl (C=O) groups excluding carboxylic acids is 1. The quantitative estimate of drug-likeness (QED) is 0.818. The van der Waals surface area contributed by atoms with Crippen LogP contribution in [0.25, 0.3) is 0 Å². The van der Waals surface area contributed by atoms with E-state index in [4.69, 9.17) is 5.73 Å². The molecule has 2 amide bonds. The van der Waals surface area contributed by atoms with Crippen molar-refractivity contribution in [2.45, 2.75) is 20.3 Å². The van der Waals surface area contributed by atoms with E-state index < -0.39 is 0 Å². The van der Waals surface area contributed by atoms with Crippen LogP contribution in [-0.4, -0.2) is 25.7 Å². The first-order valence-corrected chi connectivity index (χ1v) is 6.01. The second kappa shape index (κ2) is 6.91. The summed E-state index contributed by atoms with van der Waals surface area (Å²) in [7, 11) is 0. The molecule has 0 aliphatic rings. The van der Waals surface area contributed by atoms with Crippen molar-refractivity contribution in [2.75, 3.05) is 24.5 Å². The molecule has 0 unspecified atom stereocenters. The van der Waals surface area contributed by atoms with E-state index in [1.165, 1.54) is 5.56 Å². The Hall–Kier alpha value is -1.55.